The molecule has 1 N–H and O–H groups in total. The maximum Gasteiger partial charge on any atom is 0.230 e. The van der Waals surface area contributed by atoms with Crippen LogP contribution in [0.1, 0.15) is 36.0 Å². The molecule has 0 atom stereocenters. The van der Waals surface area contributed by atoms with Gasteiger partial charge in [0.2, 0.25) is 5.91 Å². The smallest absolute Gasteiger partial charge is 0.230 e. The van der Waals surface area contributed by atoms with Gasteiger partial charge in [-0.1, -0.05) is 30.0 Å². The molecule has 1 fully saturated rings. The predicted molar refractivity (Wildman–Crippen MR) is 126 cm³/mol. The van der Waals surface area contributed by atoms with Gasteiger partial charge < -0.3 is 10.2 Å². The molecule has 0 bridgehead atoms. The van der Waals surface area contributed by atoms with E-state index in [1.807, 2.05) is 23.0 Å². The van der Waals surface area contributed by atoms with E-state index in [4.69, 9.17) is 0 Å². The van der Waals surface area contributed by atoms with Gasteiger partial charge in [0.25, 0.3) is 0 Å². The fraction of sp³-hybridized carbons (Fsp3) is 0.375. The summed E-state index contributed by atoms with van der Waals surface area (Å²) in [4.78, 5) is 23.8. The molecule has 2 aromatic heterocycles. The topological polar surface area (TPSA) is 63.1 Å². The van der Waals surface area contributed by atoms with Gasteiger partial charge in [0.15, 0.2) is 5.16 Å². The minimum atomic E-state index is -0.0133. The lowest BCUT2D eigenvalue weighted by Gasteiger charge is -2.27. The zero-order valence-electron chi connectivity index (χ0n) is 18.2. The van der Waals surface area contributed by atoms with Gasteiger partial charge in [0.1, 0.15) is 5.82 Å². The summed E-state index contributed by atoms with van der Waals surface area (Å²) >= 11 is 1.45. The minimum absolute atomic E-state index is 0.0133. The zero-order valence-corrected chi connectivity index (χ0v) is 19.0. The first kappa shape index (κ1) is 21.4. The monoisotopic (exact) mass is 435 g/mol. The van der Waals surface area contributed by atoms with Crippen molar-refractivity contribution in [2.75, 3.05) is 23.7 Å². The predicted octanol–water partition coefficient (Wildman–Crippen LogP) is 4.28. The number of benzene rings is 1. The number of aromatic nitrogens is 3. The van der Waals surface area contributed by atoms with E-state index in [2.05, 4.69) is 58.3 Å². The van der Waals surface area contributed by atoms with Crippen LogP contribution in [0.2, 0.25) is 0 Å². The van der Waals surface area contributed by atoms with E-state index in [1.165, 1.54) is 42.2 Å². The van der Waals surface area contributed by atoms with Gasteiger partial charge in [0, 0.05) is 38.2 Å². The average molecular weight is 436 g/mol. The van der Waals surface area contributed by atoms with E-state index in [9.17, 15) is 4.79 Å². The van der Waals surface area contributed by atoms with E-state index < -0.39 is 0 Å². The van der Waals surface area contributed by atoms with E-state index >= 15 is 0 Å². The molecule has 7 heteroatoms. The number of hydrogen-bond acceptors (Lipinski definition) is 5. The van der Waals surface area contributed by atoms with Crippen molar-refractivity contribution in [2.24, 2.45) is 0 Å². The van der Waals surface area contributed by atoms with Crippen molar-refractivity contribution >= 4 is 23.5 Å². The standard InChI is InChI=1S/C24H29N5OS/c1-18-7-6-8-21(19(18)2)29-14-11-25-24(29)31-17-23(30)27-16-20-9-10-22(26-15-20)28-12-4-3-5-13-28/h6-11,14-15H,3-5,12-13,16-17H2,1-2H3,(H,27,30). The number of nitrogens with one attached hydrogen (secondary N) is 1. The summed E-state index contributed by atoms with van der Waals surface area (Å²) in [5.74, 6) is 1.34. The van der Waals surface area contributed by atoms with E-state index in [0.717, 1.165) is 35.3 Å². The third-order valence-electron chi connectivity index (χ3n) is 5.75. The molecule has 0 aliphatic carbocycles. The second-order valence-electron chi connectivity index (χ2n) is 7.94. The summed E-state index contributed by atoms with van der Waals surface area (Å²) < 4.78 is 2.05. The highest BCUT2D eigenvalue weighted by Crippen LogP contribution is 2.24. The Labute approximate surface area is 188 Å². The third kappa shape index (κ3) is 5.28. The van der Waals surface area contributed by atoms with Crippen LogP contribution in [-0.4, -0.2) is 39.3 Å². The maximum absolute atomic E-state index is 12.4. The first-order valence-corrected chi connectivity index (χ1v) is 11.8. The molecule has 3 aromatic rings. The number of carbonyl (C=O) groups is 1. The van der Waals surface area contributed by atoms with Gasteiger partial charge >= 0.3 is 0 Å². The largest absolute Gasteiger partial charge is 0.357 e. The number of pyridine rings is 1. The molecule has 0 spiro atoms. The van der Waals surface area contributed by atoms with Crippen molar-refractivity contribution in [1.82, 2.24) is 19.9 Å². The Morgan fingerprint density at radius 3 is 2.71 bits per heavy atom. The zero-order chi connectivity index (χ0) is 21.6. The van der Waals surface area contributed by atoms with Crippen LogP contribution < -0.4 is 10.2 Å². The van der Waals surface area contributed by atoms with Gasteiger partial charge in [0.05, 0.1) is 11.4 Å². The number of amides is 1. The molecule has 0 radical (unpaired) electrons. The highest BCUT2D eigenvalue weighted by Gasteiger charge is 2.13. The Morgan fingerprint density at radius 1 is 1.10 bits per heavy atom. The second-order valence-corrected chi connectivity index (χ2v) is 8.88. The third-order valence-corrected chi connectivity index (χ3v) is 6.72. The fourth-order valence-corrected chi connectivity index (χ4v) is 4.59. The van der Waals surface area contributed by atoms with Crippen molar-refractivity contribution in [3.8, 4) is 5.69 Å². The summed E-state index contributed by atoms with van der Waals surface area (Å²) in [6.45, 7) is 6.86. The van der Waals surface area contributed by atoms with Crippen molar-refractivity contribution in [3.63, 3.8) is 0 Å². The Hall–Kier alpha value is -2.80. The van der Waals surface area contributed by atoms with Crippen LogP contribution in [0.15, 0.2) is 54.1 Å². The van der Waals surface area contributed by atoms with Crippen LogP contribution in [0, 0.1) is 13.8 Å². The molecule has 1 aliphatic rings. The summed E-state index contributed by atoms with van der Waals surface area (Å²) in [6, 6.07) is 10.3. The van der Waals surface area contributed by atoms with Gasteiger partial charge in [-0.15, -0.1) is 0 Å². The summed E-state index contributed by atoms with van der Waals surface area (Å²) in [7, 11) is 0. The molecule has 6 nitrogen and oxygen atoms in total. The summed E-state index contributed by atoms with van der Waals surface area (Å²) in [5.41, 5.74) is 4.56. The van der Waals surface area contributed by atoms with Crippen LogP contribution in [0.3, 0.4) is 0 Å². The van der Waals surface area contributed by atoms with Crippen LogP contribution in [0.5, 0.6) is 0 Å². The lowest BCUT2D eigenvalue weighted by atomic mass is 10.1. The van der Waals surface area contributed by atoms with Crippen LogP contribution in [0.25, 0.3) is 5.69 Å². The number of rotatable bonds is 7. The van der Waals surface area contributed by atoms with Gasteiger partial charge in [-0.3, -0.25) is 9.36 Å². The Bertz CT molecular complexity index is 1020. The number of hydrogen-bond donors (Lipinski definition) is 1. The van der Waals surface area contributed by atoms with Crippen LogP contribution in [-0.2, 0) is 11.3 Å². The van der Waals surface area contributed by atoms with Crippen molar-refractivity contribution < 1.29 is 4.79 Å². The number of aryl methyl sites for hydroxylation is 1. The molecular formula is C24H29N5OS. The number of carbonyl (C=O) groups excluding carboxylic acids is 1. The summed E-state index contributed by atoms with van der Waals surface area (Å²) in [5, 5.41) is 3.81. The van der Waals surface area contributed by atoms with E-state index in [-0.39, 0.29) is 5.91 Å². The van der Waals surface area contributed by atoms with Crippen molar-refractivity contribution in [1.29, 1.82) is 0 Å². The Balaban J connectivity index is 1.29. The number of piperidine rings is 1. The molecule has 4 rings (SSSR count). The number of thioether (sulfide) groups is 1. The molecule has 31 heavy (non-hydrogen) atoms. The molecule has 3 heterocycles. The Morgan fingerprint density at radius 2 is 1.94 bits per heavy atom. The molecular weight excluding hydrogens is 406 g/mol. The molecule has 1 aromatic carbocycles. The van der Waals surface area contributed by atoms with Crippen LogP contribution >= 0.6 is 11.8 Å². The molecule has 1 amide bonds. The molecule has 162 valence electrons. The maximum atomic E-state index is 12.4. The molecule has 1 saturated heterocycles. The number of anilines is 1. The van der Waals surface area contributed by atoms with Gasteiger partial charge in [-0.25, -0.2) is 9.97 Å². The molecule has 0 saturated carbocycles. The summed E-state index contributed by atoms with van der Waals surface area (Å²) in [6.07, 6.45) is 9.36. The minimum Gasteiger partial charge on any atom is -0.357 e. The highest BCUT2D eigenvalue weighted by atomic mass is 32.2. The van der Waals surface area contributed by atoms with Crippen molar-refractivity contribution in [3.05, 3.63) is 65.6 Å². The van der Waals surface area contributed by atoms with E-state index in [0.29, 0.717) is 12.3 Å². The SMILES string of the molecule is Cc1cccc(-n2ccnc2SCC(=O)NCc2ccc(N3CCCCC3)nc2)c1C. The average Bonchev–Trinajstić information content (AvgIpc) is 3.27. The lowest BCUT2D eigenvalue weighted by molar-refractivity contribution is -0.118. The molecule has 1 aliphatic heterocycles. The van der Waals surface area contributed by atoms with Crippen molar-refractivity contribution in [2.45, 2.75) is 44.8 Å². The molecule has 0 unspecified atom stereocenters. The fourth-order valence-electron chi connectivity index (χ4n) is 3.79. The lowest BCUT2D eigenvalue weighted by Crippen LogP contribution is -2.30. The Kier molecular flexibility index (Phi) is 6.92. The van der Waals surface area contributed by atoms with Crippen LogP contribution in [0.4, 0.5) is 5.82 Å². The first-order chi connectivity index (χ1) is 15.1. The first-order valence-electron chi connectivity index (χ1n) is 10.8. The normalized spacial score (nSPS) is 13.9. The van der Waals surface area contributed by atoms with Gasteiger partial charge in [-0.05, 0) is 61.9 Å². The second kappa shape index (κ2) is 10.0. The van der Waals surface area contributed by atoms with Gasteiger partial charge in [-0.2, -0.15) is 0 Å². The number of imidazole rings is 1. The quantitative estimate of drug-likeness (QED) is 0.561. The number of nitrogens with zero attached hydrogens (tertiary/aromatic N) is 4. The van der Waals surface area contributed by atoms with E-state index in [1.54, 1.807) is 6.20 Å². The highest BCUT2D eigenvalue weighted by molar-refractivity contribution is 7.99.